The van der Waals surface area contributed by atoms with E-state index < -0.39 is 16.0 Å². The average molecular weight is 271 g/mol. The summed E-state index contributed by atoms with van der Waals surface area (Å²) in [4.78, 5) is 0. The van der Waals surface area contributed by atoms with E-state index in [0.29, 0.717) is 0 Å². The van der Waals surface area contributed by atoms with Gasteiger partial charge in [-0.1, -0.05) is 11.8 Å². The van der Waals surface area contributed by atoms with Gasteiger partial charge in [-0.15, -0.1) is 0 Å². The third-order valence-corrected chi connectivity index (χ3v) is 3.47. The molecule has 0 aromatic heterocycles. The summed E-state index contributed by atoms with van der Waals surface area (Å²) in [6.45, 7) is 0.104. The SMILES string of the molecule is CN(C)S(=O)(=O)Nc1ccc(F)c(C#CCN)c1. The monoisotopic (exact) mass is 271 g/mol. The van der Waals surface area contributed by atoms with E-state index in [9.17, 15) is 12.8 Å². The molecule has 1 aromatic rings. The van der Waals surface area contributed by atoms with Crippen LogP contribution in [0.3, 0.4) is 0 Å². The number of halogens is 1. The maximum absolute atomic E-state index is 13.4. The summed E-state index contributed by atoms with van der Waals surface area (Å²) < 4.78 is 39.8. The Balaban J connectivity index is 3.06. The Hall–Kier alpha value is -1.62. The van der Waals surface area contributed by atoms with E-state index in [1.807, 2.05) is 0 Å². The van der Waals surface area contributed by atoms with Gasteiger partial charge < -0.3 is 5.73 Å². The van der Waals surface area contributed by atoms with Crippen molar-refractivity contribution >= 4 is 15.9 Å². The molecule has 0 radical (unpaired) electrons. The summed E-state index contributed by atoms with van der Waals surface area (Å²) in [5, 5.41) is 0. The summed E-state index contributed by atoms with van der Waals surface area (Å²) in [5.74, 6) is 4.51. The van der Waals surface area contributed by atoms with Crippen LogP contribution in [0.5, 0.6) is 0 Å². The third kappa shape index (κ3) is 3.70. The van der Waals surface area contributed by atoms with Crippen molar-refractivity contribution in [1.29, 1.82) is 0 Å². The maximum atomic E-state index is 13.4. The Bertz CT molecular complexity index is 588. The average Bonchev–Trinajstić information content (AvgIpc) is 2.29. The van der Waals surface area contributed by atoms with Crippen LogP contribution in [0, 0.1) is 17.7 Å². The lowest BCUT2D eigenvalue weighted by Gasteiger charge is -2.13. The molecule has 0 aliphatic rings. The molecule has 0 spiro atoms. The van der Waals surface area contributed by atoms with Crippen molar-refractivity contribution in [1.82, 2.24) is 4.31 Å². The van der Waals surface area contributed by atoms with E-state index in [1.165, 1.54) is 26.2 Å². The van der Waals surface area contributed by atoms with Crippen LogP contribution in [0.15, 0.2) is 18.2 Å². The van der Waals surface area contributed by atoms with Gasteiger partial charge in [0, 0.05) is 14.1 Å². The fourth-order valence-electron chi connectivity index (χ4n) is 1.07. The van der Waals surface area contributed by atoms with Gasteiger partial charge in [0.15, 0.2) is 0 Å². The molecule has 1 rings (SSSR count). The largest absolute Gasteiger partial charge is 0.320 e. The summed E-state index contributed by atoms with van der Waals surface area (Å²) in [6.07, 6.45) is 0. The molecule has 5 nitrogen and oxygen atoms in total. The van der Waals surface area contributed by atoms with Crippen molar-refractivity contribution in [2.45, 2.75) is 0 Å². The van der Waals surface area contributed by atoms with Gasteiger partial charge in [-0.25, -0.2) is 4.39 Å². The second kappa shape index (κ2) is 5.82. The van der Waals surface area contributed by atoms with Gasteiger partial charge in [0.2, 0.25) is 0 Å². The van der Waals surface area contributed by atoms with E-state index in [-0.39, 0.29) is 17.8 Å². The predicted molar refractivity (Wildman–Crippen MR) is 68.6 cm³/mol. The Morgan fingerprint density at radius 2 is 2.11 bits per heavy atom. The second-order valence-corrected chi connectivity index (χ2v) is 5.47. The number of benzene rings is 1. The molecule has 0 saturated heterocycles. The third-order valence-electron chi connectivity index (χ3n) is 2.02. The van der Waals surface area contributed by atoms with Crippen molar-refractivity contribution in [3.63, 3.8) is 0 Å². The second-order valence-electron chi connectivity index (χ2n) is 3.59. The number of rotatable bonds is 3. The number of hydrogen-bond acceptors (Lipinski definition) is 3. The van der Waals surface area contributed by atoms with Crippen LogP contribution in [-0.2, 0) is 10.2 Å². The zero-order valence-corrected chi connectivity index (χ0v) is 10.9. The maximum Gasteiger partial charge on any atom is 0.301 e. The van der Waals surface area contributed by atoms with Gasteiger partial charge >= 0.3 is 10.2 Å². The van der Waals surface area contributed by atoms with Crippen molar-refractivity contribution in [2.24, 2.45) is 5.73 Å². The van der Waals surface area contributed by atoms with Crippen LogP contribution in [0.2, 0.25) is 0 Å². The van der Waals surface area contributed by atoms with E-state index in [4.69, 9.17) is 5.73 Å². The van der Waals surface area contributed by atoms with Crippen molar-refractivity contribution in [3.05, 3.63) is 29.6 Å². The van der Waals surface area contributed by atoms with E-state index in [0.717, 1.165) is 10.4 Å². The molecule has 0 atom stereocenters. The van der Waals surface area contributed by atoms with E-state index >= 15 is 0 Å². The normalized spacial score (nSPS) is 10.9. The summed E-state index contributed by atoms with van der Waals surface area (Å²) >= 11 is 0. The van der Waals surface area contributed by atoms with Gasteiger partial charge in [-0.3, -0.25) is 4.72 Å². The van der Waals surface area contributed by atoms with Crippen LogP contribution in [0.4, 0.5) is 10.1 Å². The van der Waals surface area contributed by atoms with Crippen LogP contribution in [0.25, 0.3) is 0 Å². The fraction of sp³-hybridized carbons (Fsp3) is 0.273. The quantitative estimate of drug-likeness (QED) is 0.779. The lowest BCUT2D eigenvalue weighted by Crippen LogP contribution is -2.28. The number of anilines is 1. The van der Waals surface area contributed by atoms with Crippen LogP contribution >= 0.6 is 0 Å². The van der Waals surface area contributed by atoms with Gasteiger partial charge in [-0.05, 0) is 18.2 Å². The molecule has 18 heavy (non-hydrogen) atoms. The summed E-state index contributed by atoms with van der Waals surface area (Å²) in [7, 11) is -0.834. The summed E-state index contributed by atoms with van der Waals surface area (Å²) in [5.41, 5.74) is 5.53. The Morgan fingerprint density at radius 3 is 2.67 bits per heavy atom. The summed E-state index contributed by atoms with van der Waals surface area (Å²) in [6, 6.07) is 3.79. The topological polar surface area (TPSA) is 75.4 Å². The first-order valence-corrected chi connectivity index (χ1v) is 6.49. The highest BCUT2D eigenvalue weighted by molar-refractivity contribution is 7.90. The molecule has 0 aliphatic carbocycles. The zero-order valence-electron chi connectivity index (χ0n) is 10.1. The van der Waals surface area contributed by atoms with Gasteiger partial charge in [-0.2, -0.15) is 12.7 Å². The number of nitrogens with one attached hydrogen (secondary N) is 1. The van der Waals surface area contributed by atoms with Crippen LogP contribution in [-0.4, -0.2) is 33.4 Å². The number of nitrogens with zero attached hydrogens (tertiary/aromatic N) is 1. The molecule has 0 fully saturated rings. The molecule has 98 valence electrons. The first-order valence-electron chi connectivity index (χ1n) is 5.05. The predicted octanol–water partition coefficient (Wildman–Crippen LogP) is 0.354. The molecule has 0 amide bonds. The molecule has 0 heterocycles. The minimum absolute atomic E-state index is 0.0967. The van der Waals surface area contributed by atoms with Crippen molar-refractivity contribution < 1.29 is 12.8 Å². The first kappa shape index (κ1) is 14.4. The fourth-order valence-corrected chi connectivity index (χ4v) is 1.68. The van der Waals surface area contributed by atoms with Crippen LogP contribution < -0.4 is 10.5 Å². The van der Waals surface area contributed by atoms with Gasteiger partial charge in [0.25, 0.3) is 0 Å². The standard InChI is InChI=1S/C11H14FN3O2S/c1-15(2)18(16,17)14-10-5-6-11(12)9(8-10)4-3-7-13/h5-6,8,14H,7,13H2,1-2H3. The van der Waals surface area contributed by atoms with Crippen LogP contribution in [0.1, 0.15) is 5.56 Å². The molecular formula is C11H14FN3O2S. The highest BCUT2D eigenvalue weighted by atomic mass is 32.2. The molecule has 3 N–H and O–H groups in total. The van der Waals surface area contributed by atoms with Crippen molar-refractivity contribution in [2.75, 3.05) is 25.4 Å². The Morgan fingerprint density at radius 1 is 1.44 bits per heavy atom. The van der Waals surface area contributed by atoms with Gasteiger partial charge in [0.05, 0.1) is 17.8 Å². The Labute approximate surface area is 106 Å². The molecule has 0 bridgehead atoms. The Kier molecular flexibility index (Phi) is 4.67. The molecule has 0 aliphatic heterocycles. The van der Waals surface area contributed by atoms with Crippen molar-refractivity contribution in [3.8, 4) is 11.8 Å². The van der Waals surface area contributed by atoms with E-state index in [1.54, 1.807) is 0 Å². The molecule has 0 unspecified atom stereocenters. The van der Waals surface area contributed by atoms with E-state index in [2.05, 4.69) is 16.6 Å². The minimum Gasteiger partial charge on any atom is -0.320 e. The smallest absolute Gasteiger partial charge is 0.301 e. The lowest BCUT2D eigenvalue weighted by atomic mass is 10.2. The number of hydrogen-bond donors (Lipinski definition) is 2. The molecule has 0 saturated carbocycles. The first-order chi connectivity index (χ1) is 8.36. The zero-order chi connectivity index (χ0) is 13.8. The highest BCUT2D eigenvalue weighted by Gasteiger charge is 2.13. The minimum atomic E-state index is -3.61. The molecule has 1 aromatic carbocycles. The molecule has 7 heteroatoms. The van der Waals surface area contributed by atoms with Gasteiger partial charge in [0.1, 0.15) is 5.82 Å². The number of nitrogens with two attached hydrogens (primary N) is 1. The molecular weight excluding hydrogens is 257 g/mol. The highest BCUT2D eigenvalue weighted by Crippen LogP contribution is 2.15. The lowest BCUT2D eigenvalue weighted by molar-refractivity contribution is 0.527.